The summed E-state index contributed by atoms with van der Waals surface area (Å²) >= 11 is 5.92. The molecule has 0 aliphatic heterocycles. The average Bonchev–Trinajstić information content (AvgIpc) is 2.45. The first-order chi connectivity index (χ1) is 10.4. The summed E-state index contributed by atoms with van der Waals surface area (Å²) < 4.78 is 1.49. The molecule has 0 aliphatic carbocycles. The fourth-order valence-electron chi connectivity index (χ4n) is 2.36. The molecule has 2 aromatic rings. The van der Waals surface area contributed by atoms with Crippen molar-refractivity contribution in [2.75, 3.05) is 6.54 Å². The summed E-state index contributed by atoms with van der Waals surface area (Å²) in [5.41, 5.74) is 2.51. The van der Waals surface area contributed by atoms with Crippen molar-refractivity contribution >= 4 is 17.5 Å². The molecule has 116 valence electrons. The average molecular weight is 319 g/mol. The second kappa shape index (κ2) is 6.79. The number of amides is 1. The van der Waals surface area contributed by atoms with Crippen LogP contribution in [0.5, 0.6) is 0 Å². The van der Waals surface area contributed by atoms with Crippen LogP contribution < -0.4 is 10.9 Å². The summed E-state index contributed by atoms with van der Waals surface area (Å²) in [7, 11) is 1.67. The van der Waals surface area contributed by atoms with Gasteiger partial charge in [-0.05, 0) is 49.6 Å². The number of nitrogens with zero attached hydrogens (tertiary/aromatic N) is 1. The van der Waals surface area contributed by atoms with Crippen molar-refractivity contribution in [1.29, 1.82) is 0 Å². The standard InChI is InChI=1S/C17H19ClN2O2/c1-11-9-12(2)20(3)17(22)15(11)16(21)19-8-7-13-5-4-6-14(18)10-13/h4-6,9-10H,7-8H2,1-3H3,(H,19,21). The van der Waals surface area contributed by atoms with Crippen molar-refractivity contribution < 1.29 is 4.79 Å². The second-order valence-electron chi connectivity index (χ2n) is 5.34. The zero-order chi connectivity index (χ0) is 16.3. The SMILES string of the molecule is Cc1cc(C)n(C)c(=O)c1C(=O)NCCc1cccc(Cl)c1. The van der Waals surface area contributed by atoms with Gasteiger partial charge in [0, 0.05) is 24.3 Å². The highest BCUT2D eigenvalue weighted by Crippen LogP contribution is 2.11. The van der Waals surface area contributed by atoms with Crippen LogP contribution in [-0.2, 0) is 13.5 Å². The van der Waals surface area contributed by atoms with Crippen LogP contribution in [0.25, 0.3) is 0 Å². The summed E-state index contributed by atoms with van der Waals surface area (Å²) in [5, 5.41) is 3.47. The van der Waals surface area contributed by atoms with E-state index in [0.29, 0.717) is 23.6 Å². The summed E-state index contributed by atoms with van der Waals surface area (Å²) in [6.45, 7) is 4.07. The predicted octanol–water partition coefficient (Wildman–Crippen LogP) is 2.63. The van der Waals surface area contributed by atoms with Crippen LogP contribution in [0.15, 0.2) is 35.1 Å². The Balaban J connectivity index is 2.07. The second-order valence-corrected chi connectivity index (χ2v) is 5.78. The minimum atomic E-state index is -0.333. The lowest BCUT2D eigenvalue weighted by atomic mass is 10.1. The zero-order valence-corrected chi connectivity index (χ0v) is 13.7. The number of rotatable bonds is 4. The van der Waals surface area contributed by atoms with E-state index in [-0.39, 0.29) is 17.0 Å². The van der Waals surface area contributed by atoms with Gasteiger partial charge >= 0.3 is 0 Å². The van der Waals surface area contributed by atoms with Crippen molar-refractivity contribution in [2.45, 2.75) is 20.3 Å². The molecule has 1 aromatic carbocycles. The maximum atomic E-state index is 12.3. The number of benzene rings is 1. The molecule has 4 nitrogen and oxygen atoms in total. The summed E-state index contributed by atoms with van der Waals surface area (Å²) in [5.74, 6) is -0.333. The number of aryl methyl sites for hydroxylation is 2. The van der Waals surface area contributed by atoms with Crippen molar-refractivity contribution in [2.24, 2.45) is 7.05 Å². The van der Waals surface area contributed by atoms with Crippen LogP contribution in [0, 0.1) is 13.8 Å². The van der Waals surface area contributed by atoms with E-state index < -0.39 is 0 Å². The highest BCUT2D eigenvalue weighted by molar-refractivity contribution is 6.30. The molecule has 0 radical (unpaired) electrons. The third kappa shape index (κ3) is 3.57. The Hall–Kier alpha value is -2.07. The monoisotopic (exact) mass is 318 g/mol. The van der Waals surface area contributed by atoms with E-state index in [1.54, 1.807) is 14.0 Å². The van der Waals surface area contributed by atoms with E-state index in [0.717, 1.165) is 11.3 Å². The first kappa shape index (κ1) is 16.3. The Morgan fingerprint density at radius 2 is 2.00 bits per heavy atom. The fraction of sp³-hybridized carbons (Fsp3) is 0.294. The van der Waals surface area contributed by atoms with E-state index in [4.69, 9.17) is 11.6 Å². The van der Waals surface area contributed by atoms with Crippen molar-refractivity contribution in [1.82, 2.24) is 9.88 Å². The van der Waals surface area contributed by atoms with E-state index in [9.17, 15) is 9.59 Å². The van der Waals surface area contributed by atoms with E-state index in [1.165, 1.54) is 4.57 Å². The Labute approximate surface area is 134 Å². The van der Waals surface area contributed by atoms with Gasteiger partial charge in [-0.2, -0.15) is 0 Å². The normalized spacial score (nSPS) is 10.5. The van der Waals surface area contributed by atoms with Crippen LogP contribution >= 0.6 is 11.6 Å². The maximum absolute atomic E-state index is 12.3. The van der Waals surface area contributed by atoms with E-state index in [2.05, 4.69) is 5.32 Å². The lowest BCUT2D eigenvalue weighted by Gasteiger charge is -2.11. The van der Waals surface area contributed by atoms with Gasteiger partial charge in [0.1, 0.15) is 5.56 Å². The Morgan fingerprint density at radius 1 is 1.27 bits per heavy atom. The third-order valence-corrected chi connectivity index (χ3v) is 3.92. The predicted molar refractivity (Wildman–Crippen MR) is 88.6 cm³/mol. The first-order valence-corrected chi connectivity index (χ1v) is 7.48. The van der Waals surface area contributed by atoms with E-state index >= 15 is 0 Å². The van der Waals surface area contributed by atoms with Crippen LogP contribution in [0.2, 0.25) is 5.02 Å². The number of nitrogens with one attached hydrogen (secondary N) is 1. The van der Waals surface area contributed by atoms with Gasteiger partial charge in [0.05, 0.1) is 0 Å². The fourth-order valence-corrected chi connectivity index (χ4v) is 2.57. The summed E-state index contributed by atoms with van der Waals surface area (Å²) in [6.07, 6.45) is 0.664. The minimum absolute atomic E-state index is 0.208. The molecule has 22 heavy (non-hydrogen) atoms. The molecule has 0 fully saturated rings. The smallest absolute Gasteiger partial charge is 0.263 e. The Morgan fingerprint density at radius 3 is 2.68 bits per heavy atom. The van der Waals surface area contributed by atoms with Gasteiger partial charge in [-0.3, -0.25) is 9.59 Å². The number of halogens is 1. The lowest BCUT2D eigenvalue weighted by molar-refractivity contribution is 0.0951. The molecular weight excluding hydrogens is 300 g/mol. The summed E-state index contributed by atoms with van der Waals surface area (Å²) in [4.78, 5) is 24.5. The molecule has 1 heterocycles. The van der Waals surface area contributed by atoms with Gasteiger partial charge in [-0.25, -0.2) is 0 Å². The molecule has 0 atom stereocenters. The number of hydrogen-bond donors (Lipinski definition) is 1. The Kier molecular flexibility index (Phi) is 5.03. The molecular formula is C17H19ClN2O2. The third-order valence-electron chi connectivity index (χ3n) is 3.68. The number of carbonyl (C=O) groups excluding carboxylic acids is 1. The van der Waals surface area contributed by atoms with Gasteiger partial charge in [-0.1, -0.05) is 23.7 Å². The van der Waals surface area contributed by atoms with E-state index in [1.807, 2.05) is 37.3 Å². The Bertz CT molecular complexity index is 766. The molecule has 0 saturated carbocycles. The van der Waals surface area contributed by atoms with Gasteiger partial charge in [-0.15, -0.1) is 0 Å². The van der Waals surface area contributed by atoms with Crippen LogP contribution in [0.3, 0.4) is 0 Å². The van der Waals surface area contributed by atoms with Crippen molar-refractivity contribution in [3.63, 3.8) is 0 Å². The van der Waals surface area contributed by atoms with Crippen LogP contribution in [0.4, 0.5) is 0 Å². The largest absolute Gasteiger partial charge is 0.352 e. The van der Waals surface area contributed by atoms with Crippen LogP contribution in [0.1, 0.15) is 27.2 Å². The van der Waals surface area contributed by atoms with Gasteiger partial charge in [0.25, 0.3) is 11.5 Å². The molecule has 0 bridgehead atoms. The molecule has 1 amide bonds. The molecule has 0 saturated heterocycles. The minimum Gasteiger partial charge on any atom is -0.352 e. The summed E-state index contributed by atoms with van der Waals surface area (Å²) in [6, 6.07) is 9.34. The maximum Gasteiger partial charge on any atom is 0.263 e. The highest BCUT2D eigenvalue weighted by atomic mass is 35.5. The number of carbonyl (C=O) groups is 1. The molecule has 0 aliphatic rings. The van der Waals surface area contributed by atoms with Gasteiger partial charge in [0.2, 0.25) is 0 Å². The molecule has 0 unspecified atom stereocenters. The highest BCUT2D eigenvalue weighted by Gasteiger charge is 2.15. The molecule has 2 rings (SSSR count). The molecule has 0 spiro atoms. The van der Waals surface area contributed by atoms with Gasteiger partial charge in [0.15, 0.2) is 0 Å². The zero-order valence-electron chi connectivity index (χ0n) is 12.9. The lowest BCUT2D eigenvalue weighted by Crippen LogP contribution is -2.35. The van der Waals surface area contributed by atoms with Gasteiger partial charge < -0.3 is 9.88 Å². The molecule has 1 aromatic heterocycles. The van der Waals surface area contributed by atoms with Crippen molar-refractivity contribution in [3.05, 3.63) is 68.1 Å². The number of pyridine rings is 1. The quantitative estimate of drug-likeness (QED) is 0.942. The van der Waals surface area contributed by atoms with Crippen LogP contribution in [-0.4, -0.2) is 17.0 Å². The molecule has 5 heteroatoms. The van der Waals surface area contributed by atoms with Crippen molar-refractivity contribution in [3.8, 4) is 0 Å². The number of hydrogen-bond acceptors (Lipinski definition) is 2. The molecule has 1 N–H and O–H groups in total. The first-order valence-electron chi connectivity index (χ1n) is 7.10. The number of aromatic nitrogens is 1. The topological polar surface area (TPSA) is 51.1 Å².